The Morgan fingerprint density at radius 3 is 2.58 bits per heavy atom. The number of rotatable bonds is 6. The minimum Gasteiger partial charge on any atom is -0.508 e. The summed E-state index contributed by atoms with van der Waals surface area (Å²) in [5, 5.41) is 12.4. The SMILES string of the molecule is Cc1oc2cc(OCC(=O)Nc3cccc(O)c3)ccc2c(=O)c1Oc1ccccc1. The number of hydrogen-bond acceptors (Lipinski definition) is 6. The Morgan fingerprint density at radius 1 is 1.00 bits per heavy atom. The van der Waals surface area contributed by atoms with Gasteiger partial charge >= 0.3 is 0 Å². The molecule has 4 aromatic rings. The molecule has 0 aliphatic heterocycles. The van der Waals surface area contributed by atoms with Crippen molar-refractivity contribution in [2.75, 3.05) is 11.9 Å². The molecule has 0 radical (unpaired) electrons. The van der Waals surface area contributed by atoms with E-state index in [0.29, 0.717) is 33.9 Å². The topological polar surface area (TPSA) is 98.0 Å². The smallest absolute Gasteiger partial charge is 0.262 e. The lowest BCUT2D eigenvalue weighted by molar-refractivity contribution is -0.118. The molecule has 3 aromatic carbocycles. The molecule has 0 bridgehead atoms. The summed E-state index contributed by atoms with van der Waals surface area (Å²) in [6, 6.07) is 19.9. The highest BCUT2D eigenvalue weighted by Crippen LogP contribution is 2.27. The average molecular weight is 417 g/mol. The van der Waals surface area contributed by atoms with Gasteiger partial charge in [-0.2, -0.15) is 0 Å². The van der Waals surface area contributed by atoms with Crippen molar-refractivity contribution in [2.45, 2.75) is 6.92 Å². The maximum absolute atomic E-state index is 12.9. The molecule has 1 heterocycles. The molecule has 7 heteroatoms. The Morgan fingerprint density at radius 2 is 1.81 bits per heavy atom. The van der Waals surface area contributed by atoms with Gasteiger partial charge in [-0.3, -0.25) is 9.59 Å². The number of benzene rings is 3. The third-order valence-electron chi connectivity index (χ3n) is 4.45. The second kappa shape index (κ2) is 8.62. The second-order valence-electron chi connectivity index (χ2n) is 6.78. The summed E-state index contributed by atoms with van der Waals surface area (Å²) in [7, 11) is 0. The Hall–Kier alpha value is -4.26. The molecule has 1 aromatic heterocycles. The van der Waals surface area contributed by atoms with Crippen LogP contribution in [0.25, 0.3) is 11.0 Å². The van der Waals surface area contributed by atoms with Crippen LogP contribution in [0, 0.1) is 6.92 Å². The van der Waals surface area contributed by atoms with Gasteiger partial charge in [0.05, 0.1) is 5.39 Å². The van der Waals surface area contributed by atoms with Gasteiger partial charge in [0.15, 0.2) is 6.61 Å². The molecule has 0 spiro atoms. The quantitative estimate of drug-likeness (QED) is 0.475. The highest BCUT2D eigenvalue weighted by molar-refractivity contribution is 5.92. The predicted molar refractivity (Wildman–Crippen MR) is 116 cm³/mol. The molecular formula is C24H19NO6. The average Bonchev–Trinajstić information content (AvgIpc) is 2.76. The van der Waals surface area contributed by atoms with E-state index in [1.54, 1.807) is 49.4 Å². The normalized spacial score (nSPS) is 10.6. The maximum Gasteiger partial charge on any atom is 0.262 e. The molecule has 7 nitrogen and oxygen atoms in total. The van der Waals surface area contributed by atoms with Crippen LogP contribution < -0.4 is 20.2 Å². The zero-order valence-corrected chi connectivity index (χ0v) is 16.6. The molecule has 1 amide bonds. The Kier molecular flexibility index (Phi) is 5.57. The van der Waals surface area contributed by atoms with Gasteiger partial charge in [0.2, 0.25) is 11.2 Å². The molecule has 0 fully saturated rings. The van der Waals surface area contributed by atoms with Crippen molar-refractivity contribution in [3.63, 3.8) is 0 Å². The molecule has 0 saturated carbocycles. The van der Waals surface area contributed by atoms with Gasteiger partial charge in [-0.05, 0) is 43.3 Å². The number of aromatic hydroxyl groups is 1. The van der Waals surface area contributed by atoms with Gasteiger partial charge in [0, 0.05) is 17.8 Å². The first-order valence-corrected chi connectivity index (χ1v) is 9.51. The van der Waals surface area contributed by atoms with E-state index in [-0.39, 0.29) is 23.5 Å². The van der Waals surface area contributed by atoms with E-state index in [1.807, 2.05) is 18.2 Å². The van der Waals surface area contributed by atoms with Gasteiger partial charge in [0.1, 0.15) is 28.6 Å². The van der Waals surface area contributed by atoms with Crippen LogP contribution in [0.2, 0.25) is 0 Å². The predicted octanol–water partition coefficient (Wildman–Crippen LogP) is 4.62. The third-order valence-corrected chi connectivity index (χ3v) is 4.45. The van der Waals surface area contributed by atoms with Gasteiger partial charge in [0.25, 0.3) is 5.91 Å². The van der Waals surface area contributed by atoms with Crippen molar-refractivity contribution in [3.8, 4) is 23.0 Å². The van der Waals surface area contributed by atoms with Crippen LogP contribution in [0.1, 0.15) is 5.76 Å². The summed E-state index contributed by atoms with van der Waals surface area (Å²) in [5.74, 6) is 1.02. The van der Waals surface area contributed by atoms with E-state index in [0.717, 1.165) is 0 Å². The number of phenols is 1. The standard InChI is InChI=1S/C24H19NO6/c1-15-24(31-18-8-3-2-4-9-18)23(28)20-11-10-19(13-21(20)30-15)29-14-22(27)25-16-6-5-7-17(26)12-16/h2-13,26H,14H2,1H3,(H,25,27). The van der Waals surface area contributed by atoms with Crippen LogP contribution >= 0.6 is 0 Å². The lowest BCUT2D eigenvalue weighted by Crippen LogP contribution is -2.20. The number of carbonyl (C=O) groups is 1. The van der Waals surface area contributed by atoms with Crippen LogP contribution in [0.15, 0.2) is 82.0 Å². The summed E-state index contributed by atoms with van der Waals surface area (Å²) in [6.07, 6.45) is 0. The van der Waals surface area contributed by atoms with Gasteiger partial charge in [-0.25, -0.2) is 0 Å². The van der Waals surface area contributed by atoms with E-state index >= 15 is 0 Å². The highest BCUT2D eigenvalue weighted by Gasteiger charge is 2.15. The van der Waals surface area contributed by atoms with Crippen LogP contribution in [0.4, 0.5) is 5.69 Å². The zero-order chi connectivity index (χ0) is 21.8. The second-order valence-corrected chi connectivity index (χ2v) is 6.78. The summed E-state index contributed by atoms with van der Waals surface area (Å²) < 4.78 is 17.0. The Labute approximate surface area is 177 Å². The highest BCUT2D eigenvalue weighted by atomic mass is 16.5. The summed E-state index contributed by atoms with van der Waals surface area (Å²) in [5.41, 5.74) is 0.490. The van der Waals surface area contributed by atoms with Gasteiger partial charge in [-0.1, -0.05) is 24.3 Å². The number of fused-ring (bicyclic) bond motifs is 1. The number of hydrogen-bond donors (Lipinski definition) is 2. The fraction of sp³-hybridized carbons (Fsp3) is 0.0833. The lowest BCUT2D eigenvalue weighted by Gasteiger charge is -2.10. The number of aryl methyl sites for hydroxylation is 1. The van der Waals surface area contributed by atoms with E-state index in [4.69, 9.17) is 13.9 Å². The van der Waals surface area contributed by atoms with Crippen LogP contribution in [-0.2, 0) is 4.79 Å². The maximum atomic E-state index is 12.9. The van der Waals surface area contributed by atoms with Crippen molar-refractivity contribution < 1.29 is 23.8 Å². The molecule has 0 atom stereocenters. The number of carbonyl (C=O) groups excluding carboxylic acids is 1. The van der Waals surface area contributed by atoms with Crippen LogP contribution in [0.3, 0.4) is 0 Å². The number of phenolic OH excluding ortho intramolecular Hbond substituents is 1. The van der Waals surface area contributed by atoms with Crippen molar-refractivity contribution in [3.05, 3.63) is 88.8 Å². The zero-order valence-electron chi connectivity index (χ0n) is 16.6. The minimum absolute atomic E-state index is 0.0502. The molecule has 2 N–H and O–H groups in total. The van der Waals surface area contributed by atoms with Crippen molar-refractivity contribution in [1.82, 2.24) is 0 Å². The summed E-state index contributed by atoms with van der Waals surface area (Å²) >= 11 is 0. The van der Waals surface area contributed by atoms with Gasteiger partial charge < -0.3 is 24.3 Å². The number of para-hydroxylation sites is 1. The number of amides is 1. The Balaban J connectivity index is 1.50. The first-order chi connectivity index (χ1) is 15.0. The van der Waals surface area contributed by atoms with E-state index in [9.17, 15) is 14.7 Å². The molecule has 4 rings (SSSR count). The minimum atomic E-state index is -0.394. The molecule has 0 saturated heterocycles. The van der Waals surface area contributed by atoms with E-state index < -0.39 is 5.91 Å². The molecule has 0 unspecified atom stereocenters. The third kappa shape index (κ3) is 4.67. The molecule has 0 aliphatic carbocycles. The first kappa shape index (κ1) is 20.0. The number of nitrogens with one attached hydrogen (secondary N) is 1. The summed E-state index contributed by atoms with van der Waals surface area (Å²) in [6.45, 7) is 1.40. The lowest BCUT2D eigenvalue weighted by atomic mass is 10.2. The van der Waals surface area contributed by atoms with Gasteiger partial charge in [-0.15, -0.1) is 0 Å². The molecule has 0 aliphatic rings. The van der Waals surface area contributed by atoms with Crippen molar-refractivity contribution in [2.24, 2.45) is 0 Å². The monoisotopic (exact) mass is 417 g/mol. The number of ether oxygens (including phenoxy) is 2. The van der Waals surface area contributed by atoms with Crippen molar-refractivity contribution >= 4 is 22.6 Å². The fourth-order valence-electron chi connectivity index (χ4n) is 3.01. The number of anilines is 1. The molecule has 31 heavy (non-hydrogen) atoms. The molecular weight excluding hydrogens is 398 g/mol. The van der Waals surface area contributed by atoms with E-state index in [2.05, 4.69) is 5.32 Å². The Bertz CT molecular complexity index is 1300. The van der Waals surface area contributed by atoms with Crippen LogP contribution in [-0.4, -0.2) is 17.6 Å². The van der Waals surface area contributed by atoms with E-state index in [1.165, 1.54) is 12.1 Å². The largest absolute Gasteiger partial charge is 0.508 e. The first-order valence-electron chi connectivity index (χ1n) is 9.51. The van der Waals surface area contributed by atoms with Crippen LogP contribution in [0.5, 0.6) is 23.0 Å². The summed E-state index contributed by atoms with van der Waals surface area (Å²) in [4.78, 5) is 24.9. The fourth-order valence-corrected chi connectivity index (χ4v) is 3.01. The van der Waals surface area contributed by atoms with Crippen molar-refractivity contribution in [1.29, 1.82) is 0 Å². The molecule has 156 valence electrons.